The molecule has 1 saturated heterocycles. The number of nitrogens with zero attached hydrogens (tertiary/aromatic N) is 1. The first kappa shape index (κ1) is 15.8. The Kier molecular flexibility index (Phi) is 5.43. The number of carbonyl (C=O) groups is 1. The van der Waals surface area contributed by atoms with Crippen molar-refractivity contribution in [2.75, 3.05) is 25.1 Å². The molecule has 2 atom stereocenters. The summed E-state index contributed by atoms with van der Waals surface area (Å²) >= 11 is 0. The van der Waals surface area contributed by atoms with E-state index in [0.717, 1.165) is 32.1 Å². The molecule has 2 aliphatic rings. The van der Waals surface area contributed by atoms with E-state index >= 15 is 0 Å². The molecule has 0 bridgehead atoms. The first-order valence-electron chi connectivity index (χ1n) is 7.57. The van der Waals surface area contributed by atoms with Crippen LogP contribution in [0.4, 0.5) is 4.79 Å². The van der Waals surface area contributed by atoms with Gasteiger partial charge in [0.25, 0.3) is 0 Å². The van der Waals surface area contributed by atoms with E-state index in [2.05, 4.69) is 5.32 Å². The smallest absolute Gasteiger partial charge is 0.317 e. The third kappa shape index (κ3) is 4.45. The molecule has 5 nitrogen and oxygen atoms in total. The van der Waals surface area contributed by atoms with Gasteiger partial charge < -0.3 is 15.3 Å². The Morgan fingerprint density at radius 2 is 2.00 bits per heavy atom. The molecule has 2 amide bonds. The lowest BCUT2D eigenvalue weighted by Gasteiger charge is -2.32. The standard InChI is InChI=1S/C14H26N2O3S/c1-16(11-14(18)7-4-2-3-5-8-14)13(17)15-12-6-9-20(19)10-12/h12,18H,2-11H2,1H3,(H,15,17)/t12-,20-/m1/s1. The first-order valence-corrected chi connectivity index (χ1v) is 9.06. The normalized spacial score (nSPS) is 29.7. The van der Waals surface area contributed by atoms with Gasteiger partial charge in [-0.25, -0.2) is 4.79 Å². The second-order valence-electron chi connectivity index (χ2n) is 6.24. The van der Waals surface area contributed by atoms with Crippen LogP contribution < -0.4 is 5.32 Å². The van der Waals surface area contributed by atoms with Crippen molar-refractivity contribution in [1.29, 1.82) is 0 Å². The maximum absolute atomic E-state index is 12.1. The van der Waals surface area contributed by atoms with Crippen molar-refractivity contribution in [3.05, 3.63) is 0 Å². The highest BCUT2D eigenvalue weighted by molar-refractivity contribution is 7.85. The molecule has 0 aromatic carbocycles. The van der Waals surface area contributed by atoms with Gasteiger partial charge in [0.05, 0.1) is 12.1 Å². The van der Waals surface area contributed by atoms with Gasteiger partial charge in [0.15, 0.2) is 0 Å². The van der Waals surface area contributed by atoms with Gasteiger partial charge in [-0.1, -0.05) is 25.7 Å². The summed E-state index contributed by atoms with van der Waals surface area (Å²) < 4.78 is 11.3. The predicted molar refractivity (Wildman–Crippen MR) is 80.1 cm³/mol. The zero-order valence-corrected chi connectivity index (χ0v) is 13.1. The van der Waals surface area contributed by atoms with Crippen LogP contribution in [0.2, 0.25) is 0 Å². The van der Waals surface area contributed by atoms with E-state index in [0.29, 0.717) is 18.1 Å². The van der Waals surface area contributed by atoms with Gasteiger partial charge in [-0.3, -0.25) is 4.21 Å². The number of rotatable bonds is 3. The molecular formula is C14H26N2O3S. The van der Waals surface area contributed by atoms with Crippen LogP contribution in [0.15, 0.2) is 0 Å². The Morgan fingerprint density at radius 3 is 2.55 bits per heavy atom. The minimum Gasteiger partial charge on any atom is -0.388 e. The fourth-order valence-electron chi connectivity index (χ4n) is 3.12. The van der Waals surface area contributed by atoms with Crippen LogP contribution in [0, 0.1) is 0 Å². The molecule has 0 aromatic rings. The monoisotopic (exact) mass is 302 g/mol. The van der Waals surface area contributed by atoms with Crippen molar-refractivity contribution >= 4 is 16.8 Å². The molecule has 0 unspecified atom stereocenters. The van der Waals surface area contributed by atoms with E-state index in [1.807, 2.05) is 0 Å². The van der Waals surface area contributed by atoms with E-state index in [9.17, 15) is 14.1 Å². The summed E-state index contributed by atoms with van der Waals surface area (Å²) in [6.07, 6.45) is 6.76. The summed E-state index contributed by atoms with van der Waals surface area (Å²) in [5, 5.41) is 13.5. The fraction of sp³-hybridized carbons (Fsp3) is 0.929. The Hall–Kier alpha value is -0.620. The van der Waals surface area contributed by atoms with Crippen LogP contribution in [0.3, 0.4) is 0 Å². The molecule has 1 heterocycles. The van der Waals surface area contributed by atoms with Crippen LogP contribution in [-0.2, 0) is 10.8 Å². The summed E-state index contributed by atoms with van der Waals surface area (Å²) in [6, 6.07) is -0.138. The molecule has 0 aromatic heterocycles. The highest BCUT2D eigenvalue weighted by Gasteiger charge is 2.31. The number of hydrogen-bond donors (Lipinski definition) is 2. The molecule has 0 spiro atoms. The Balaban J connectivity index is 1.82. The fourth-order valence-corrected chi connectivity index (χ4v) is 4.53. The third-order valence-electron chi connectivity index (χ3n) is 4.32. The number of hydrogen-bond acceptors (Lipinski definition) is 3. The number of amides is 2. The lowest BCUT2D eigenvalue weighted by molar-refractivity contribution is 0.00446. The second-order valence-corrected chi connectivity index (χ2v) is 7.86. The molecule has 6 heteroatoms. The summed E-state index contributed by atoms with van der Waals surface area (Å²) in [7, 11) is 0.944. The molecule has 2 N–H and O–H groups in total. The van der Waals surface area contributed by atoms with E-state index in [4.69, 9.17) is 0 Å². The minimum absolute atomic E-state index is 0.0227. The van der Waals surface area contributed by atoms with Gasteiger partial charge in [-0.2, -0.15) is 0 Å². The zero-order valence-electron chi connectivity index (χ0n) is 12.3. The number of carbonyl (C=O) groups excluding carboxylic acids is 1. The molecule has 2 fully saturated rings. The maximum Gasteiger partial charge on any atom is 0.317 e. The molecule has 1 aliphatic heterocycles. The number of aliphatic hydroxyl groups is 1. The Morgan fingerprint density at radius 1 is 1.35 bits per heavy atom. The van der Waals surface area contributed by atoms with Crippen LogP contribution in [0.1, 0.15) is 44.9 Å². The summed E-state index contributed by atoms with van der Waals surface area (Å²) in [4.78, 5) is 13.7. The Labute approximate surface area is 123 Å². The largest absolute Gasteiger partial charge is 0.388 e. The molecule has 20 heavy (non-hydrogen) atoms. The molecule has 2 rings (SSSR count). The highest BCUT2D eigenvalue weighted by atomic mass is 32.2. The van der Waals surface area contributed by atoms with Crippen LogP contribution in [0.5, 0.6) is 0 Å². The summed E-state index contributed by atoms with van der Waals surface area (Å²) in [6.45, 7) is 0.384. The summed E-state index contributed by atoms with van der Waals surface area (Å²) in [5.74, 6) is 1.24. The van der Waals surface area contributed by atoms with Crippen molar-refractivity contribution in [3.63, 3.8) is 0 Å². The first-order chi connectivity index (χ1) is 9.48. The average molecular weight is 302 g/mol. The van der Waals surface area contributed by atoms with Gasteiger partial charge in [0.1, 0.15) is 0 Å². The van der Waals surface area contributed by atoms with Crippen LogP contribution >= 0.6 is 0 Å². The van der Waals surface area contributed by atoms with Gasteiger partial charge in [0.2, 0.25) is 0 Å². The average Bonchev–Trinajstić information content (AvgIpc) is 2.67. The zero-order chi connectivity index (χ0) is 14.6. The topological polar surface area (TPSA) is 69.6 Å². The molecule has 116 valence electrons. The quantitative estimate of drug-likeness (QED) is 0.771. The third-order valence-corrected chi connectivity index (χ3v) is 5.79. The number of likely N-dealkylation sites (N-methyl/N-ethyl adjacent to an activating group) is 1. The molecule has 1 aliphatic carbocycles. The highest BCUT2D eigenvalue weighted by Crippen LogP contribution is 2.27. The number of urea groups is 1. The van der Waals surface area contributed by atoms with Crippen molar-refractivity contribution in [2.45, 2.75) is 56.6 Å². The van der Waals surface area contributed by atoms with E-state index < -0.39 is 16.4 Å². The molecule has 0 radical (unpaired) electrons. The van der Waals surface area contributed by atoms with Crippen molar-refractivity contribution in [3.8, 4) is 0 Å². The van der Waals surface area contributed by atoms with Crippen molar-refractivity contribution in [2.24, 2.45) is 0 Å². The summed E-state index contributed by atoms with van der Waals surface area (Å²) in [5.41, 5.74) is -0.735. The molecule has 1 saturated carbocycles. The minimum atomic E-state index is -0.782. The van der Waals surface area contributed by atoms with E-state index in [1.165, 1.54) is 12.8 Å². The SMILES string of the molecule is CN(CC1(O)CCCCCC1)C(=O)N[C@@H]1CC[S@@](=O)C1. The van der Waals surface area contributed by atoms with Crippen molar-refractivity contribution in [1.82, 2.24) is 10.2 Å². The lowest BCUT2D eigenvalue weighted by atomic mass is 9.94. The van der Waals surface area contributed by atoms with Gasteiger partial charge in [-0.15, -0.1) is 0 Å². The second kappa shape index (κ2) is 6.89. The van der Waals surface area contributed by atoms with Crippen molar-refractivity contribution < 1.29 is 14.1 Å². The van der Waals surface area contributed by atoms with Gasteiger partial charge in [-0.05, 0) is 19.3 Å². The molecular weight excluding hydrogens is 276 g/mol. The lowest BCUT2D eigenvalue weighted by Crippen LogP contribution is -2.49. The van der Waals surface area contributed by atoms with Crippen LogP contribution in [0.25, 0.3) is 0 Å². The predicted octanol–water partition coefficient (Wildman–Crippen LogP) is 1.23. The Bertz CT molecular complexity index is 367. The van der Waals surface area contributed by atoms with E-state index in [-0.39, 0.29) is 12.1 Å². The maximum atomic E-state index is 12.1. The van der Waals surface area contributed by atoms with Gasteiger partial charge >= 0.3 is 6.03 Å². The van der Waals surface area contributed by atoms with Gasteiger partial charge in [0, 0.05) is 35.4 Å². The number of nitrogens with one attached hydrogen (secondary N) is 1. The van der Waals surface area contributed by atoms with E-state index in [1.54, 1.807) is 11.9 Å². The van der Waals surface area contributed by atoms with Crippen LogP contribution in [-0.4, -0.2) is 57.0 Å².